The first-order valence-corrected chi connectivity index (χ1v) is 2.45. The zero-order valence-electron chi connectivity index (χ0n) is 7.45. The molecule has 12 heavy (non-hydrogen) atoms. The van der Waals surface area contributed by atoms with Gasteiger partial charge >= 0.3 is 118 Å². The summed E-state index contributed by atoms with van der Waals surface area (Å²) in [4.78, 5) is 25.4. The number of carbonyl (C=O) groups excluding carboxylic acids is 1. The first-order chi connectivity index (χ1) is 3.46. The van der Waals surface area contributed by atoms with Gasteiger partial charge in [-0.3, -0.25) is 0 Å². The first-order valence-electron chi connectivity index (χ1n) is 1.22. The van der Waals surface area contributed by atoms with Crippen LogP contribution in [0.5, 0.6) is 0 Å². The van der Waals surface area contributed by atoms with E-state index in [1.807, 2.05) is 0 Å². The van der Waals surface area contributed by atoms with Gasteiger partial charge in [-0.05, 0) is 6.16 Å². The molecule has 0 fully saturated rings. The van der Waals surface area contributed by atoms with Crippen LogP contribution in [0.2, 0.25) is 0 Å². The standard InChI is InChI=1S/CH2O3.4Na.O3Si/c2-1(3)4;;;;;1-4(2)3/h(H2,2,3,4);;;;;/q;4*+1;-2/p-2. The van der Waals surface area contributed by atoms with Crippen LogP contribution in [0.15, 0.2) is 0 Å². The second-order valence-corrected chi connectivity index (χ2v) is 1.00. The molecule has 0 aromatic rings. The summed E-state index contributed by atoms with van der Waals surface area (Å²) in [6, 6.07) is 0. The van der Waals surface area contributed by atoms with Gasteiger partial charge in [-0.2, -0.15) is 0 Å². The van der Waals surface area contributed by atoms with Crippen LogP contribution in [-0.2, 0) is 4.46 Å². The van der Waals surface area contributed by atoms with Crippen molar-refractivity contribution in [3.05, 3.63) is 0 Å². The Bertz CT molecular complexity index is 77.5. The summed E-state index contributed by atoms with van der Waals surface area (Å²) in [6.07, 6.45) is -2.33. The van der Waals surface area contributed by atoms with Gasteiger partial charge in [0.15, 0.2) is 0 Å². The molecule has 0 radical (unpaired) electrons. The third kappa shape index (κ3) is 218. The molecule has 0 aliphatic carbocycles. The van der Waals surface area contributed by atoms with Gasteiger partial charge < -0.3 is 29.1 Å². The minimum atomic E-state index is -3.63. The average Bonchev–Trinajstić information content (AvgIpc) is 1.25. The second-order valence-electron chi connectivity index (χ2n) is 0.500. The predicted octanol–water partition coefficient (Wildman–Crippen LogP) is -17.3. The van der Waals surface area contributed by atoms with E-state index in [1.54, 1.807) is 0 Å². The molecule has 0 saturated carbocycles. The molecular weight excluding hydrogens is 228 g/mol. The van der Waals surface area contributed by atoms with Gasteiger partial charge in [-0.1, -0.05) is 0 Å². The smallest absolute Gasteiger partial charge is 0.672 e. The molecular formula is CNa4O6Si. The van der Waals surface area contributed by atoms with Crippen LogP contribution in [0.1, 0.15) is 0 Å². The van der Waals surface area contributed by atoms with E-state index < -0.39 is 15.3 Å². The van der Waals surface area contributed by atoms with Crippen LogP contribution < -0.4 is 138 Å². The van der Waals surface area contributed by atoms with Crippen LogP contribution in [0.3, 0.4) is 0 Å². The van der Waals surface area contributed by atoms with Crippen molar-refractivity contribution < 1.29 is 147 Å². The van der Waals surface area contributed by atoms with Gasteiger partial charge in [0.1, 0.15) is 0 Å². The van der Waals surface area contributed by atoms with Crippen LogP contribution >= 0.6 is 0 Å². The molecule has 0 unspecified atom stereocenters. The van der Waals surface area contributed by atoms with Crippen molar-refractivity contribution in [2.24, 2.45) is 0 Å². The van der Waals surface area contributed by atoms with E-state index in [4.69, 9.17) is 29.1 Å². The molecule has 0 saturated heterocycles. The Balaban J connectivity index is -0.0000000112. The van der Waals surface area contributed by atoms with Crippen molar-refractivity contribution in [2.75, 3.05) is 0 Å². The predicted molar refractivity (Wildman–Crippen MR) is 11.8 cm³/mol. The minimum Gasteiger partial charge on any atom is -0.672 e. The van der Waals surface area contributed by atoms with E-state index in [0.29, 0.717) is 0 Å². The summed E-state index contributed by atoms with van der Waals surface area (Å²) in [7, 11) is -3.63. The van der Waals surface area contributed by atoms with Crippen molar-refractivity contribution in [2.45, 2.75) is 0 Å². The minimum absolute atomic E-state index is 0. The number of carbonyl (C=O) groups is 1. The molecule has 0 aliphatic heterocycles. The summed E-state index contributed by atoms with van der Waals surface area (Å²) in [5, 5.41) is 16.7. The maximum absolute atomic E-state index is 8.52. The molecule has 6 nitrogen and oxygen atoms in total. The summed E-state index contributed by atoms with van der Waals surface area (Å²) in [5.41, 5.74) is 0. The van der Waals surface area contributed by atoms with Crippen molar-refractivity contribution in [1.82, 2.24) is 0 Å². The van der Waals surface area contributed by atoms with Crippen LogP contribution in [-0.4, -0.2) is 15.3 Å². The maximum Gasteiger partial charge on any atom is 1.00 e. The molecule has 0 aromatic heterocycles. The number of rotatable bonds is 0. The quantitative estimate of drug-likeness (QED) is 0.379. The van der Waals surface area contributed by atoms with E-state index in [0.717, 1.165) is 0 Å². The number of carboxylic acid groups (broad SMARTS) is 2. The monoisotopic (exact) mass is 228 g/mol. The third-order valence-corrected chi connectivity index (χ3v) is 0. The Hall–Kier alpha value is 2.89. The second kappa shape index (κ2) is 29.2. The Kier molecular flexibility index (Phi) is 88.5. The molecule has 0 aromatic carbocycles. The summed E-state index contributed by atoms with van der Waals surface area (Å²) >= 11 is 0. The van der Waals surface area contributed by atoms with E-state index in [-0.39, 0.29) is 118 Å². The van der Waals surface area contributed by atoms with Crippen LogP contribution in [0.25, 0.3) is 0 Å². The Labute approximate surface area is 159 Å². The van der Waals surface area contributed by atoms with Gasteiger partial charge in [0.05, 0.1) is 0 Å². The molecule has 0 bridgehead atoms. The zero-order chi connectivity index (χ0) is 7.15. The zero-order valence-corrected chi connectivity index (χ0v) is 16.4. The summed E-state index contributed by atoms with van der Waals surface area (Å²) in [6.45, 7) is 0. The van der Waals surface area contributed by atoms with Crippen LogP contribution in [0, 0.1) is 0 Å². The van der Waals surface area contributed by atoms with E-state index in [9.17, 15) is 0 Å². The molecule has 0 rings (SSSR count). The Morgan fingerprint density at radius 2 is 0.917 bits per heavy atom. The van der Waals surface area contributed by atoms with Gasteiger partial charge in [-0.25, -0.2) is 0 Å². The molecule has 0 aliphatic rings. The molecule has 0 amide bonds. The van der Waals surface area contributed by atoms with Gasteiger partial charge in [0, 0.05) is 9.17 Å². The fourth-order valence-corrected chi connectivity index (χ4v) is 0. The Morgan fingerprint density at radius 3 is 0.917 bits per heavy atom. The van der Waals surface area contributed by atoms with Gasteiger partial charge in [0.25, 0.3) is 0 Å². The molecule has 11 heteroatoms. The number of hydrogen-bond acceptors (Lipinski definition) is 6. The van der Waals surface area contributed by atoms with Crippen molar-refractivity contribution in [3.8, 4) is 0 Å². The van der Waals surface area contributed by atoms with Gasteiger partial charge in [-0.15, -0.1) is 0 Å². The fourth-order valence-electron chi connectivity index (χ4n) is 0. The van der Waals surface area contributed by atoms with E-state index >= 15 is 0 Å². The van der Waals surface area contributed by atoms with Gasteiger partial charge in [0.2, 0.25) is 0 Å². The van der Waals surface area contributed by atoms with Crippen molar-refractivity contribution >= 4 is 15.3 Å². The van der Waals surface area contributed by atoms with E-state index in [1.165, 1.54) is 0 Å². The van der Waals surface area contributed by atoms with Crippen molar-refractivity contribution in [3.63, 3.8) is 0 Å². The maximum atomic E-state index is 8.52. The van der Waals surface area contributed by atoms with Crippen molar-refractivity contribution in [1.29, 1.82) is 0 Å². The molecule has 0 atom stereocenters. The normalized spacial score (nSPS) is 4.00. The first kappa shape index (κ1) is 36.4. The van der Waals surface area contributed by atoms with Crippen LogP contribution in [0.4, 0.5) is 4.79 Å². The Morgan fingerprint density at radius 1 is 0.917 bits per heavy atom. The summed E-state index contributed by atoms with van der Waals surface area (Å²) in [5.74, 6) is 0. The third-order valence-electron chi connectivity index (χ3n) is 0. The molecule has 48 valence electrons. The fraction of sp³-hybridized carbons (Fsp3) is 0. The largest absolute Gasteiger partial charge is 1.00 e. The molecule has 0 spiro atoms. The summed E-state index contributed by atoms with van der Waals surface area (Å²) < 4.78 is 8.52. The van der Waals surface area contributed by atoms with E-state index in [2.05, 4.69) is 0 Å². The number of hydrogen-bond donors (Lipinski definition) is 0. The topological polar surface area (TPSA) is 126 Å². The average molecular weight is 228 g/mol. The molecule has 0 N–H and O–H groups in total. The SMILES string of the molecule is O=C([O-])[O-].O=[Si]([O-])[O-].[Na+].[Na+].[Na+].[Na+]. The molecule has 0 heterocycles.